The lowest BCUT2D eigenvalue weighted by Crippen LogP contribution is -2.50. The molecule has 21 heavy (non-hydrogen) atoms. The monoisotopic (exact) mass is 297 g/mol. The minimum absolute atomic E-state index is 0.0431. The Morgan fingerprint density at radius 3 is 2.33 bits per heavy atom. The predicted molar refractivity (Wildman–Crippen MR) is 89.2 cm³/mol. The smallest absolute Gasteiger partial charge is 0.237 e. The molecule has 0 radical (unpaired) electrons. The molecular formula is C17H35N3O. The Morgan fingerprint density at radius 2 is 1.81 bits per heavy atom. The molecule has 1 aliphatic carbocycles. The largest absolute Gasteiger partial charge is 0.354 e. The van der Waals surface area contributed by atoms with Crippen LogP contribution in [0.25, 0.3) is 0 Å². The number of nitrogens with one attached hydrogen (secondary N) is 1. The maximum Gasteiger partial charge on any atom is 0.237 e. The second-order valence-corrected chi connectivity index (χ2v) is 6.84. The van der Waals surface area contributed by atoms with Gasteiger partial charge in [-0.05, 0) is 38.6 Å². The first-order valence-corrected chi connectivity index (χ1v) is 8.79. The van der Waals surface area contributed by atoms with Crippen molar-refractivity contribution in [1.82, 2.24) is 10.2 Å². The van der Waals surface area contributed by atoms with Crippen LogP contribution in [0, 0.1) is 5.92 Å². The van der Waals surface area contributed by atoms with Crippen LogP contribution < -0.4 is 11.1 Å². The van der Waals surface area contributed by atoms with Crippen LogP contribution in [0.2, 0.25) is 0 Å². The molecule has 0 bridgehead atoms. The van der Waals surface area contributed by atoms with E-state index in [4.69, 9.17) is 5.73 Å². The highest BCUT2D eigenvalue weighted by Crippen LogP contribution is 2.23. The summed E-state index contributed by atoms with van der Waals surface area (Å²) >= 11 is 0. The van der Waals surface area contributed by atoms with Crippen LogP contribution in [-0.4, -0.2) is 42.5 Å². The van der Waals surface area contributed by atoms with E-state index in [1.165, 1.54) is 38.5 Å². The minimum atomic E-state index is -0.0431. The van der Waals surface area contributed by atoms with Gasteiger partial charge in [0, 0.05) is 19.1 Å². The summed E-state index contributed by atoms with van der Waals surface area (Å²) in [5.41, 5.74) is 5.68. The van der Waals surface area contributed by atoms with Crippen molar-refractivity contribution in [2.75, 3.05) is 19.6 Å². The van der Waals surface area contributed by atoms with Crippen LogP contribution in [-0.2, 0) is 4.79 Å². The Kier molecular flexibility index (Phi) is 8.93. The predicted octanol–water partition coefficient (Wildman–Crippen LogP) is 2.52. The van der Waals surface area contributed by atoms with Gasteiger partial charge in [-0.2, -0.15) is 0 Å². The van der Waals surface area contributed by atoms with E-state index in [1.807, 2.05) is 0 Å². The zero-order valence-corrected chi connectivity index (χ0v) is 14.2. The van der Waals surface area contributed by atoms with Crippen LogP contribution >= 0.6 is 0 Å². The Labute approximate surface area is 130 Å². The average Bonchev–Trinajstić information content (AvgIpc) is 2.74. The highest BCUT2D eigenvalue weighted by atomic mass is 16.2. The summed E-state index contributed by atoms with van der Waals surface area (Å²) in [5.74, 6) is 0.668. The lowest BCUT2D eigenvalue weighted by atomic mass is 10.0. The SMILES string of the molecule is CC(C)CNC(=O)C(C)N(CCCN)C1CCCCCC1. The van der Waals surface area contributed by atoms with Crippen molar-refractivity contribution in [1.29, 1.82) is 0 Å². The fourth-order valence-corrected chi connectivity index (χ4v) is 3.16. The van der Waals surface area contributed by atoms with E-state index in [2.05, 4.69) is 31.0 Å². The van der Waals surface area contributed by atoms with Gasteiger partial charge in [-0.15, -0.1) is 0 Å². The first kappa shape index (κ1) is 18.4. The molecule has 0 heterocycles. The number of nitrogens with two attached hydrogens (primary N) is 1. The Morgan fingerprint density at radius 1 is 1.19 bits per heavy atom. The molecule has 0 aromatic carbocycles. The summed E-state index contributed by atoms with van der Waals surface area (Å²) in [6, 6.07) is 0.511. The van der Waals surface area contributed by atoms with Crippen LogP contribution in [0.5, 0.6) is 0 Å². The lowest BCUT2D eigenvalue weighted by molar-refractivity contribution is -0.127. The highest BCUT2D eigenvalue weighted by molar-refractivity contribution is 5.81. The van der Waals surface area contributed by atoms with Gasteiger partial charge in [0.05, 0.1) is 6.04 Å². The Balaban J connectivity index is 2.62. The topological polar surface area (TPSA) is 58.4 Å². The van der Waals surface area contributed by atoms with Gasteiger partial charge in [0.15, 0.2) is 0 Å². The fraction of sp³-hybridized carbons (Fsp3) is 0.941. The normalized spacial score (nSPS) is 18.8. The number of amides is 1. The number of rotatable bonds is 8. The second kappa shape index (κ2) is 10.2. The third-order valence-electron chi connectivity index (χ3n) is 4.48. The summed E-state index contributed by atoms with van der Waals surface area (Å²) < 4.78 is 0. The summed E-state index contributed by atoms with van der Waals surface area (Å²) in [6.45, 7) is 8.71. The van der Waals surface area contributed by atoms with Gasteiger partial charge >= 0.3 is 0 Å². The molecule has 0 spiro atoms. The first-order valence-electron chi connectivity index (χ1n) is 8.79. The summed E-state index contributed by atoms with van der Waals surface area (Å²) in [4.78, 5) is 14.8. The van der Waals surface area contributed by atoms with Gasteiger partial charge in [0.1, 0.15) is 0 Å². The van der Waals surface area contributed by atoms with Crippen LogP contribution in [0.15, 0.2) is 0 Å². The van der Waals surface area contributed by atoms with Gasteiger partial charge < -0.3 is 11.1 Å². The van der Waals surface area contributed by atoms with E-state index < -0.39 is 0 Å². The minimum Gasteiger partial charge on any atom is -0.354 e. The molecule has 4 heteroatoms. The van der Waals surface area contributed by atoms with Crippen molar-refractivity contribution in [2.24, 2.45) is 11.7 Å². The van der Waals surface area contributed by atoms with E-state index in [0.29, 0.717) is 18.5 Å². The molecule has 4 nitrogen and oxygen atoms in total. The molecule has 1 saturated carbocycles. The van der Waals surface area contributed by atoms with Gasteiger partial charge in [-0.1, -0.05) is 39.5 Å². The first-order chi connectivity index (χ1) is 10.1. The third kappa shape index (κ3) is 6.79. The maximum atomic E-state index is 12.4. The Bertz CT molecular complexity index is 286. The number of nitrogens with zero attached hydrogens (tertiary/aromatic N) is 1. The van der Waals surface area contributed by atoms with Gasteiger partial charge in [0.2, 0.25) is 5.91 Å². The third-order valence-corrected chi connectivity index (χ3v) is 4.48. The van der Waals surface area contributed by atoms with E-state index in [0.717, 1.165) is 19.5 Å². The molecule has 1 fully saturated rings. The molecule has 1 rings (SSSR count). The van der Waals surface area contributed by atoms with E-state index in [-0.39, 0.29) is 11.9 Å². The number of hydrogen-bond donors (Lipinski definition) is 2. The van der Waals surface area contributed by atoms with Gasteiger partial charge in [-0.3, -0.25) is 9.69 Å². The van der Waals surface area contributed by atoms with Crippen molar-refractivity contribution in [3.8, 4) is 0 Å². The van der Waals surface area contributed by atoms with Crippen molar-refractivity contribution in [2.45, 2.75) is 77.8 Å². The average molecular weight is 297 g/mol. The number of carbonyl (C=O) groups is 1. The van der Waals surface area contributed by atoms with Gasteiger partial charge in [0.25, 0.3) is 0 Å². The zero-order valence-electron chi connectivity index (χ0n) is 14.2. The molecule has 1 atom stereocenters. The molecule has 0 aromatic heterocycles. The molecular weight excluding hydrogens is 262 g/mol. The quantitative estimate of drug-likeness (QED) is 0.677. The summed E-state index contributed by atoms with van der Waals surface area (Å²) in [7, 11) is 0. The summed E-state index contributed by atoms with van der Waals surface area (Å²) in [6.07, 6.45) is 8.70. The molecule has 124 valence electrons. The summed E-state index contributed by atoms with van der Waals surface area (Å²) in [5, 5.41) is 3.08. The number of hydrogen-bond acceptors (Lipinski definition) is 3. The highest BCUT2D eigenvalue weighted by Gasteiger charge is 2.28. The van der Waals surface area contributed by atoms with Crippen molar-refractivity contribution in [3.63, 3.8) is 0 Å². The van der Waals surface area contributed by atoms with Crippen molar-refractivity contribution >= 4 is 5.91 Å². The van der Waals surface area contributed by atoms with Crippen LogP contribution in [0.1, 0.15) is 65.7 Å². The molecule has 0 aromatic rings. The van der Waals surface area contributed by atoms with Crippen molar-refractivity contribution < 1.29 is 4.79 Å². The van der Waals surface area contributed by atoms with E-state index in [1.54, 1.807) is 0 Å². The molecule has 3 N–H and O–H groups in total. The molecule has 0 saturated heterocycles. The molecule has 1 unspecified atom stereocenters. The lowest BCUT2D eigenvalue weighted by Gasteiger charge is -2.35. The van der Waals surface area contributed by atoms with E-state index >= 15 is 0 Å². The van der Waals surface area contributed by atoms with E-state index in [9.17, 15) is 4.79 Å². The van der Waals surface area contributed by atoms with Crippen LogP contribution in [0.4, 0.5) is 0 Å². The fourth-order valence-electron chi connectivity index (χ4n) is 3.16. The zero-order chi connectivity index (χ0) is 15.7. The molecule has 1 amide bonds. The molecule has 1 aliphatic rings. The number of carbonyl (C=O) groups excluding carboxylic acids is 1. The maximum absolute atomic E-state index is 12.4. The second-order valence-electron chi connectivity index (χ2n) is 6.84. The standard InChI is InChI=1S/C17H35N3O/c1-14(2)13-19-17(21)15(3)20(12-8-11-18)16-9-6-4-5-7-10-16/h14-16H,4-13,18H2,1-3H3,(H,19,21). The van der Waals surface area contributed by atoms with Crippen LogP contribution in [0.3, 0.4) is 0 Å². The van der Waals surface area contributed by atoms with Crippen molar-refractivity contribution in [3.05, 3.63) is 0 Å². The Hall–Kier alpha value is -0.610. The molecule has 0 aliphatic heterocycles. The van der Waals surface area contributed by atoms with Gasteiger partial charge in [-0.25, -0.2) is 0 Å².